The molecule has 0 N–H and O–H groups in total. The molecule has 5 heteroatoms. The van der Waals surface area contributed by atoms with Crippen molar-refractivity contribution in [2.45, 2.75) is 6.42 Å². The van der Waals surface area contributed by atoms with E-state index in [0.29, 0.717) is 17.8 Å². The Morgan fingerprint density at radius 2 is 1.67 bits per heavy atom. The van der Waals surface area contributed by atoms with Gasteiger partial charge in [0.15, 0.2) is 0 Å². The molecule has 3 aromatic carbocycles. The van der Waals surface area contributed by atoms with Gasteiger partial charge in [-0.25, -0.2) is 4.68 Å². The van der Waals surface area contributed by atoms with Crippen molar-refractivity contribution in [2.75, 3.05) is 18.6 Å². The maximum atomic E-state index is 13.6. The number of rotatable bonds is 4. The number of carbonyl (C=O) groups excluding carboxylic acids is 1. The zero-order valence-electron chi connectivity index (χ0n) is 16.7. The van der Waals surface area contributed by atoms with Crippen LogP contribution in [-0.2, 0) is 6.42 Å². The van der Waals surface area contributed by atoms with Crippen LogP contribution in [0.15, 0.2) is 85.1 Å². The number of hydrogen-bond acceptors (Lipinski definition) is 3. The Morgan fingerprint density at radius 3 is 2.43 bits per heavy atom. The molecule has 5 rings (SSSR count). The molecule has 30 heavy (non-hydrogen) atoms. The van der Waals surface area contributed by atoms with E-state index in [1.165, 1.54) is 5.56 Å². The van der Waals surface area contributed by atoms with Crippen molar-refractivity contribution >= 4 is 11.6 Å². The minimum absolute atomic E-state index is 0.0343. The summed E-state index contributed by atoms with van der Waals surface area (Å²) < 4.78 is 7.05. The van der Waals surface area contributed by atoms with Gasteiger partial charge in [-0.15, -0.1) is 0 Å². The number of ether oxygens (including phenoxy) is 1. The molecular formula is C25H21N3O2. The van der Waals surface area contributed by atoms with E-state index in [-0.39, 0.29) is 5.91 Å². The second-order valence-corrected chi connectivity index (χ2v) is 7.24. The van der Waals surface area contributed by atoms with Gasteiger partial charge in [0.05, 0.1) is 18.4 Å². The first-order valence-electron chi connectivity index (χ1n) is 9.94. The molecule has 1 amide bonds. The molecule has 0 saturated carbocycles. The fourth-order valence-corrected chi connectivity index (χ4v) is 3.90. The van der Waals surface area contributed by atoms with Gasteiger partial charge < -0.3 is 9.64 Å². The van der Waals surface area contributed by atoms with E-state index in [1.54, 1.807) is 11.8 Å². The lowest BCUT2D eigenvalue weighted by Crippen LogP contribution is -2.29. The van der Waals surface area contributed by atoms with Crippen molar-refractivity contribution in [2.24, 2.45) is 0 Å². The number of fused-ring (bicyclic) bond motifs is 1. The quantitative estimate of drug-likeness (QED) is 0.501. The number of carbonyl (C=O) groups is 1. The maximum Gasteiger partial charge on any atom is 0.262 e. The van der Waals surface area contributed by atoms with E-state index in [9.17, 15) is 4.79 Å². The minimum Gasteiger partial charge on any atom is -0.497 e. The molecule has 0 radical (unpaired) electrons. The van der Waals surface area contributed by atoms with E-state index in [0.717, 1.165) is 29.1 Å². The van der Waals surface area contributed by atoms with Crippen LogP contribution >= 0.6 is 0 Å². The summed E-state index contributed by atoms with van der Waals surface area (Å²) in [5, 5.41) is 4.78. The fourth-order valence-electron chi connectivity index (χ4n) is 3.90. The molecule has 0 atom stereocenters. The Balaban J connectivity index is 1.61. The molecule has 5 nitrogen and oxygen atoms in total. The minimum atomic E-state index is -0.0343. The van der Waals surface area contributed by atoms with Crippen LogP contribution in [0.4, 0.5) is 5.69 Å². The van der Waals surface area contributed by atoms with Crippen LogP contribution in [-0.4, -0.2) is 29.3 Å². The second-order valence-electron chi connectivity index (χ2n) is 7.24. The van der Waals surface area contributed by atoms with E-state index in [1.807, 2.05) is 83.9 Å². The Kier molecular flexibility index (Phi) is 4.56. The first kappa shape index (κ1) is 18.2. The van der Waals surface area contributed by atoms with Crippen LogP contribution < -0.4 is 9.64 Å². The summed E-state index contributed by atoms with van der Waals surface area (Å²) in [5.41, 5.74) is 5.22. The molecule has 0 bridgehead atoms. The highest BCUT2D eigenvalue weighted by Crippen LogP contribution is 2.32. The van der Waals surface area contributed by atoms with Crippen molar-refractivity contribution in [3.05, 3.63) is 96.2 Å². The van der Waals surface area contributed by atoms with Gasteiger partial charge in [-0.05, 0) is 54.4 Å². The Hall–Kier alpha value is -3.86. The number of methoxy groups -OCH3 is 1. The van der Waals surface area contributed by atoms with Crippen LogP contribution in [0, 0.1) is 0 Å². The zero-order chi connectivity index (χ0) is 20.5. The molecule has 0 fully saturated rings. The van der Waals surface area contributed by atoms with Crippen LogP contribution in [0.3, 0.4) is 0 Å². The van der Waals surface area contributed by atoms with Gasteiger partial charge in [0, 0.05) is 24.0 Å². The number of para-hydroxylation sites is 2. The highest BCUT2D eigenvalue weighted by molar-refractivity contribution is 6.10. The third-order valence-electron chi connectivity index (χ3n) is 5.46. The molecule has 0 spiro atoms. The Morgan fingerprint density at radius 1 is 0.933 bits per heavy atom. The molecule has 0 unspecified atom stereocenters. The monoisotopic (exact) mass is 395 g/mol. The van der Waals surface area contributed by atoms with E-state index >= 15 is 0 Å². The molecule has 1 aromatic heterocycles. The molecule has 148 valence electrons. The molecule has 0 saturated heterocycles. The predicted molar refractivity (Wildman–Crippen MR) is 117 cm³/mol. The maximum absolute atomic E-state index is 13.6. The number of nitrogens with zero attached hydrogens (tertiary/aromatic N) is 3. The number of benzene rings is 3. The molecule has 1 aliphatic rings. The van der Waals surface area contributed by atoms with Gasteiger partial charge in [-0.2, -0.15) is 5.10 Å². The SMILES string of the molecule is COc1ccc(-c2nn(-c3ccccc3)cc2C(=O)N2CCc3ccccc32)cc1. The summed E-state index contributed by atoms with van der Waals surface area (Å²) >= 11 is 0. The molecular weight excluding hydrogens is 374 g/mol. The van der Waals surface area contributed by atoms with Gasteiger partial charge in [0.2, 0.25) is 0 Å². The Labute approximate surface area is 175 Å². The third kappa shape index (κ3) is 3.14. The molecule has 4 aromatic rings. The van der Waals surface area contributed by atoms with Crippen LogP contribution in [0.1, 0.15) is 15.9 Å². The number of aromatic nitrogens is 2. The van der Waals surface area contributed by atoms with Crippen molar-refractivity contribution < 1.29 is 9.53 Å². The summed E-state index contributed by atoms with van der Waals surface area (Å²) in [5.74, 6) is 0.732. The van der Waals surface area contributed by atoms with Gasteiger partial charge in [-0.3, -0.25) is 4.79 Å². The molecule has 2 heterocycles. The fraction of sp³-hybridized carbons (Fsp3) is 0.120. The van der Waals surface area contributed by atoms with Gasteiger partial charge in [0.1, 0.15) is 11.4 Å². The number of hydrogen-bond donors (Lipinski definition) is 0. The van der Waals surface area contributed by atoms with Crippen molar-refractivity contribution in [1.82, 2.24) is 9.78 Å². The molecule has 1 aliphatic heterocycles. The normalized spacial score (nSPS) is 12.6. The summed E-state index contributed by atoms with van der Waals surface area (Å²) in [4.78, 5) is 15.5. The first-order valence-corrected chi connectivity index (χ1v) is 9.94. The van der Waals surface area contributed by atoms with Gasteiger partial charge in [0.25, 0.3) is 5.91 Å². The average Bonchev–Trinajstić information content (AvgIpc) is 3.44. The third-order valence-corrected chi connectivity index (χ3v) is 5.46. The highest BCUT2D eigenvalue weighted by atomic mass is 16.5. The van der Waals surface area contributed by atoms with Crippen LogP contribution in [0.5, 0.6) is 5.75 Å². The lowest BCUT2D eigenvalue weighted by Gasteiger charge is -2.17. The number of anilines is 1. The number of amides is 1. The van der Waals surface area contributed by atoms with Crippen molar-refractivity contribution in [1.29, 1.82) is 0 Å². The largest absolute Gasteiger partial charge is 0.497 e. The highest BCUT2D eigenvalue weighted by Gasteiger charge is 2.29. The van der Waals surface area contributed by atoms with Crippen LogP contribution in [0.25, 0.3) is 16.9 Å². The topological polar surface area (TPSA) is 47.4 Å². The smallest absolute Gasteiger partial charge is 0.262 e. The lowest BCUT2D eigenvalue weighted by molar-refractivity contribution is 0.0990. The lowest BCUT2D eigenvalue weighted by atomic mass is 10.1. The van der Waals surface area contributed by atoms with Gasteiger partial charge in [-0.1, -0.05) is 36.4 Å². The zero-order valence-corrected chi connectivity index (χ0v) is 16.7. The summed E-state index contributed by atoms with van der Waals surface area (Å²) in [6.45, 7) is 0.677. The molecule has 0 aliphatic carbocycles. The first-order chi connectivity index (χ1) is 14.7. The van der Waals surface area contributed by atoms with E-state index in [4.69, 9.17) is 9.84 Å². The average molecular weight is 395 g/mol. The Bertz CT molecular complexity index is 1200. The summed E-state index contributed by atoms with van der Waals surface area (Å²) in [6, 6.07) is 25.6. The van der Waals surface area contributed by atoms with E-state index in [2.05, 4.69) is 6.07 Å². The van der Waals surface area contributed by atoms with Crippen LogP contribution in [0.2, 0.25) is 0 Å². The second kappa shape index (κ2) is 7.52. The standard InChI is InChI=1S/C25H21N3O2/c1-30-21-13-11-19(12-14-21)24-22(17-28(26-24)20-8-3-2-4-9-20)25(29)27-16-15-18-7-5-6-10-23(18)27/h2-14,17H,15-16H2,1H3. The predicted octanol–water partition coefficient (Wildman–Crippen LogP) is 4.75. The van der Waals surface area contributed by atoms with E-state index < -0.39 is 0 Å². The van der Waals surface area contributed by atoms with Crippen molar-refractivity contribution in [3.63, 3.8) is 0 Å². The summed E-state index contributed by atoms with van der Waals surface area (Å²) in [7, 11) is 1.64. The summed E-state index contributed by atoms with van der Waals surface area (Å²) in [6.07, 6.45) is 2.70. The van der Waals surface area contributed by atoms with Crippen molar-refractivity contribution in [3.8, 4) is 22.7 Å². The van der Waals surface area contributed by atoms with Gasteiger partial charge >= 0.3 is 0 Å².